The van der Waals surface area contributed by atoms with Gasteiger partial charge in [-0.1, -0.05) is 32.9 Å². The number of rotatable bonds is 4. The molecule has 4 atom stereocenters. The lowest BCUT2D eigenvalue weighted by molar-refractivity contribution is -0.248. The number of hydrogen-bond donors (Lipinski definition) is 2. The molecule has 0 aromatic rings. The smallest absolute Gasteiger partial charge is 0.225 e. The summed E-state index contributed by atoms with van der Waals surface area (Å²) in [5, 5.41) is 13.4. The molecule has 1 amide bonds. The predicted octanol–water partition coefficient (Wildman–Crippen LogP) is 2.39. The third-order valence-electron chi connectivity index (χ3n) is 5.07. The molecular formula is C18H31NO4. The zero-order chi connectivity index (χ0) is 17.3. The van der Waals surface area contributed by atoms with E-state index in [-0.39, 0.29) is 35.9 Å². The van der Waals surface area contributed by atoms with Crippen LogP contribution >= 0.6 is 0 Å². The normalized spacial score (nSPS) is 37.4. The summed E-state index contributed by atoms with van der Waals surface area (Å²) in [4.78, 5) is 12.1. The van der Waals surface area contributed by atoms with Crippen molar-refractivity contribution in [2.45, 2.75) is 71.4 Å². The fourth-order valence-electron chi connectivity index (χ4n) is 3.19. The van der Waals surface area contributed by atoms with E-state index in [1.807, 2.05) is 13.8 Å². The van der Waals surface area contributed by atoms with Gasteiger partial charge in [0.2, 0.25) is 5.91 Å². The summed E-state index contributed by atoms with van der Waals surface area (Å²) in [6.45, 7) is 13.5. The van der Waals surface area contributed by atoms with E-state index in [4.69, 9.17) is 9.47 Å². The van der Waals surface area contributed by atoms with Gasteiger partial charge in [-0.2, -0.15) is 0 Å². The van der Waals surface area contributed by atoms with E-state index in [9.17, 15) is 9.90 Å². The average molecular weight is 325 g/mol. The molecule has 0 aromatic carbocycles. The largest absolute Gasteiger partial charge is 0.376 e. The first-order chi connectivity index (χ1) is 10.6. The summed E-state index contributed by atoms with van der Waals surface area (Å²) in [6, 6.07) is 0. The second-order valence-corrected chi connectivity index (χ2v) is 8.01. The Labute approximate surface area is 139 Å². The standard InChI is InChI=1S/C18H31NO4/c1-12-8-18(21,23-14(3)13(12)2)9-16(20)19-10-15-6-7-17(4,5)11-22-15/h13-15,21H,1,6-11H2,2-5H3,(H,19,20)/t13?,14?,15?,18-/m1/s1. The first kappa shape index (κ1) is 18.4. The fourth-order valence-corrected chi connectivity index (χ4v) is 3.19. The van der Waals surface area contributed by atoms with E-state index in [1.165, 1.54) is 0 Å². The maximum atomic E-state index is 12.1. The fraction of sp³-hybridized carbons (Fsp3) is 0.833. The number of carbonyl (C=O) groups excluding carboxylic acids is 1. The number of nitrogens with one attached hydrogen (secondary N) is 1. The van der Waals surface area contributed by atoms with Crippen molar-refractivity contribution >= 4 is 5.91 Å². The third-order valence-corrected chi connectivity index (χ3v) is 5.07. The average Bonchev–Trinajstić information content (AvgIpc) is 2.43. The zero-order valence-electron chi connectivity index (χ0n) is 14.9. The molecule has 2 saturated heterocycles. The number of amides is 1. The zero-order valence-corrected chi connectivity index (χ0v) is 14.9. The Bertz CT molecular complexity index is 452. The predicted molar refractivity (Wildman–Crippen MR) is 88.8 cm³/mol. The van der Waals surface area contributed by atoms with Crippen LogP contribution in [0, 0.1) is 11.3 Å². The van der Waals surface area contributed by atoms with Crippen LogP contribution in [0.3, 0.4) is 0 Å². The molecule has 0 spiro atoms. The first-order valence-corrected chi connectivity index (χ1v) is 8.56. The highest BCUT2D eigenvalue weighted by atomic mass is 16.6. The van der Waals surface area contributed by atoms with Crippen LogP contribution in [0.5, 0.6) is 0 Å². The van der Waals surface area contributed by atoms with Crippen molar-refractivity contribution in [3.8, 4) is 0 Å². The van der Waals surface area contributed by atoms with Crippen LogP contribution in [0.15, 0.2) is 12.2 Å². The topological polar surface area (TPSA) is 67.8 Å². The van der Waals surface area contributed by atoms with Crippen molar-refractivity contribution in [3.63, 3.8) is 0 Å². The molecule has 2 fully saturated rings. The van der Waals surface area contributed by atoms with Crippen LogP contribution in [0.1, 0.15) is 53.4 Å². The summed E-state index contributed by atoms with van der Waals surface area (Å²) < 4.78 is 11.4. The Morgan fingerprint density at radius 2 is 2.13 bits per heavy atom. The Hall–Kier alpha value is -0.910. The third kappa shape index (κ3) is 5.03. The van der Waals surface area contributed by atoms with Crippen LogP contribution in [0.25, 0.3) is 0 Å². The second kappa shape index (κ2) is 6.91. The van der Waals surface area contributed by atoms with E-state index in [2.05, 4.69) is 25.7 Å². The Morgan fingerprint density at radius 3 is 2.70 bits per heavy atom. The molecule has 0 aliphatic carbocycles. The molecule has 3 unspecified atom stereocenters. The van der Waals surface area contributed by atoms with Gasteiger partial charge in [0.1, 0.15) is 0 Å². The monoisotopic (exact) mass is 325 g/mol. The van der Waals surface area contributed by atoms with Crippen LogP contribution < -0.4 is 5.32 Å². The van der Waals surface area contributed by atoms with E-state index in [0.717, 1.165) is 25.0 Å². The molecule has 0 radical (unpaired) electrons. The summed E-state index contributed by atoms with van der Waals surface area (Å²) in [7, 11) is 0. The molecule has 0 saturated carbocycles. The van der Waals surface area contributed by atoms with Gasteiger partial charge in [0.25, 0.3) is 0 Å². The molecule has 0 aromatic heterocycles. The van der Waals surface area contributed by atoms with E-state index in [0.29, 0.717) is 13.0 Å². The number of carbonyl (C=O) groups is 1. The number of ether oxygens (including phenoxy) is 2. The molecule has 2 rings (SSSR count). The maximum absolute atomic E-state index is 12.1. The van der Waals surface area contributed by atoms with Gasteiger partial charge < -0.3 is 19.9 Å². The molecule has 2 N–H and O–H groups in total. The van der Waals surface area contributed by atoms with E-state index < -0.39 is 5.79 Å². The van der Waals surface area contributed by atoms with E-state index in [1.54, 1.807) is 0 Å². The summed E-state index contributed by atoms with van der Waals surface area (Å²) >= 11 is 0. The highest BCUT2D eigenvalue weighted by molar-refractivity contribution is 5.76. The van der Waals surface area contributed by atoms with Gasteiger partial charge in [-0.15, -0.1) is 0 Å². The SMILES string of the molecule is C=C1C[C@](O)(CC(=O)NCC2CCC(C)(C)CO2)OC(C)C1C. The van der Waals surface area contributed by atoms with Crippen LogP contribution in [-0.2, 0) is 14.3 Å². The van der Waals surface area contributed by atoms with Crippen molar-refractivity contribution in [2.24, 2.45) is 11.3 Å². The van der Waals surface area contributed by atoms with Crippen molar-refractivity contribution in [3.05, 3.63) is 12.2 Å². The van der Waals surface area contributed by atoms with E-state index >= 15 is 0 Å². The number of hydrogen-bond acceptors (Lipinski definition) is 4. The van der Waals surface area contributed by atoms with Crippen LogP contribution in [-0.4, -0.2) is 42.2 Å². The highest BCUT2D eigenvalue weighted by Gasteiger charge is 2.40. The quantitative estimate of drug-likeness (QED) is 0.779. The minimum Gasteiger partial charge on any atom is -0.376 e. The Kier molecular flexibility index (Phi) is 5.54. The Balaban J connectivity index is 1.77. The maximum Gasteiger partial charge on any atom is 0.225 e. The lowest BCUT2D eigenvalue weighted by Crippen LogP contribution is -2.48. The van der Waals surface area contributed by atoms with Crippen LogP contribution in [0.4, 0.5) is 0 Å². The Morgan fingerprint density at radius 1 is 1.43 bits per heavy atom. The van der Waals surface area contributed by atoms with Gasteiger partial charge in [0.15, 0.2) is 5.79 Å². The van der Waals surface area contributed by atoms with Gasteiger partial charge in [-0.05, 0) is 25.2 Å². The van der Waals surface area contributed by atoms with Gasteiger partial charge in [0, 0.05) is 18.9 Å². The molecule has 2 aliphatic rings. The lowest BCUT2D eigenvalue weighted by Gasteiger charge is -2.40. The molecule has 2 aliphatic heterocycles. The lowest BCUT2D eigenvalue weighted by atomic mass is 9.85. The molecule has 5 nitrogen and oxygen atoms in total. The molecule has 5 heteroatoms. The van der Waals surface area contributed by atoms with Crippen LogP contribution in [0.2, 0.25) is 0 Å². The van der Waals surface area contributed by atoms with Gasteiger partial charge >= 0.3 is 0 Å². The minimum atomic E-state index is -1.44. The first-order valence-electron chi connectivity index (χ1n) is 8.56. The van der Waals surface area contributed by atoms with Gasteiger partial charge in [-0.25, -0.2) is 0 Å². The molecule has 0 bridgehead atoms. The molecule has 23 heavy (non-hydrogen) atoms. The molecule has 132 valence electrons. The number of aliphatic hydroxyl groups is 1. The summed E-state index contributed by atoms with van der Waals surface area (Å²) in [5.41, 5.74) is 1.15. The van der Waals surface area contributed by atoms with Gasteiger partial charge in [0.05, 0.1) is 25.2 Å². The molecule has 2 heterocycles. The van der Waals surface area contributed by atoms with Crippen molar-refractivity contribution in [1.29, 1.82) is 0 Å². The summed E-state index contributed by atoms with van der Waals surface area (Å²) in [5.74, 6) is -1.46. The summed E-state index contributed by atoms with van der Waals surface area (Å²) in [6.07, 6.45) is 2.19. The minimum absolute atomic E-state index is 0.0582. The van der Waals surface area contributed by atoms with Crippen molar-refractivity contribution in [1.82, 2.24) is 5.32 Å². The highest BCUT2D eigenvalue weighted by Crippen LogP contribution is 2.36. The van der Waals surface area contributed by atoms with Crippen molar-refractivity contribution in [2.75, 3.05) is 13.2 Å². The van der Waals surface area contributed by atoms with Crippen molar-refractivity contribution < 1.29 is 19.4 Å². The van der Waals surface area contributed by atoms with Gasteiger partial charge in [-0.3, -0.25) is 4.79 Å². The second-order valence-electron chi connectivity index (χ2n) is 8.01. The molecular weight excluding hydrogens is 294 g/mol.